The standard InChI is InChI=1S/C14H18N2O3/c1-16(2)13(17)9-19-12-6-4-3-5-11(12)14(18)15-10-7-8-10/h3-6,10H,7-9H2,1-2H3,(H,15,18). The van der Waals surface area contributed by atoms with Crippen LogP contribution in [0.2, 0.25) is 0 Å². The van der Waals surface area contributed by atoms with Gasteiger partial charge < -0.3 is 15.0 Å². The minimum Gasteiger partial charge on any atom is -0.483 e. The van der Waals surface area contributed by atoms with Crippen LogP contribution in [0.3, 0.4) is 0 Å². The van der Waals surface area contributed by atoms with E-state index in [1.165, 1.54) is 4.90 Å². The van der Waals surface area contributed by atoms with Crippen LogP contribution in [-0.2, 0) is 4.79 Å². The minimum absolute atomic E-state index is 0.0687. The van der Waals surface area contributed by atoms with Crippen LogP contribution in [0.4, 0.5) is 0 Å². The molecule has 19 heavy (non-hydrogen) atoms. The van der Waals surface area contributed by atoms with Crippen LogP contribution in [0.1, 0.15) is 23.2 Å². The van der Waals surface area contributed by atoms with E-state index in [9.17, 15) is 9.59 Å². The van der Waals surface area contributed by atoms with E-state index in [1.807, 2.05) is 0 Å². The highest BCUT2D eigenvalue weighted by atomic mass is 16.5. The molecule has 1 aliphatic rings. The molecule has 0 unspecified atom stereocenters. The average Bonchev–Trinajstić information content (AvgIpc) is 3.20. The smallest absolute Gasteiger partial charge is 0.259 e. The van der Waals surface area contributed by atoms with Crippen molar-refractivity contribution in [1.82, 2.24) is 10.2 Å². The highest BCUT2D eigenvalue weighted by Gasteiger charge is 2.25. The molecule has 5 nitrogen and oxygen atoms in total. The van der Waals surface area contributed by atoms with Gasteiger partial charge in [-0.25, -0.2) is 0 Å². The van der Waals surface area contributed by atoms with E-state index in [4.69, 9.17) is 4.74 Å². The van der Waals surface area contributed by atoms with E-state index in [2.05, 4.69) is 5.32 Å². The number of likely N-dealkylation sites (N-methyl/N-ethyl adjacent to an activating group) is 1. The molecule has 5 heteroatoms. The number of nitrogens with zero attached hydrogens (tertiary/aromatic N) is 1. The first-order valence-corrected chi connectivity index (χ1v) is 6.31. The Morgan fingerprint density at radius 3 is 2.63 bits per heavy atom. The van der Waals surface area contributed by atoms with Crippen molar-refractivity contribution >= 4 is 11.8 Å². The van der Waals surface area contributed by atoms with Crippen LogP contribution >= 0.6 is 0 Å². The quantitative estimate of drug-likeness (QED) is 0.862. The first kappa shape index (κ1) is 13.4. The molecule has 102 valence electrons. The molecule has 0 aromatic heterocycles. The Hall–Kier alpha value is -2.04. The van der Waals surface area contributed by atoms with E-state index >= 15 is 0 Å². The average molecular weight is 262 g/mol. The van der Waals surface area contributed by atoms with Crippen LogP contribution in [0, 0.1) is 0 Å². The van der Waals surface area contributed by atoms with E-state index in [0.29, 0.717) is 17.4 Å². The molecule has 0 spiro atoms. The molecule has 0 heterocycles. The maximum atomic E-state index is 12.0. The lowest BCUT2D eigenvalue weighted by atomic mass is 10.2. The number of hydrogen-bond acceptors (Lipinski definition) is 3. The molecule has 2 amide bonds. The third-order valence-corrected chi connectivity index (χ3v) is 2.89. The van der Waals surface area contributed by atoms with Gasteiger partial charge in [-0.15, -0.1) is 0 Å². The van der Waals surface area contributed by atoms with Crippen LogP contribution < -0.4 is 10.1 Å². The highest BCUT2D eigenvalue weighted by Crippen LogP contribution is 2.22. The molecule has 1 aromatic rings. The zero-order valence-electron chi connectivity index (χ0n) is 11.2. The fourth-order valence-electron chi connectivity index (χ4n) is 1.54. The molecule has 0 bridgehead atoms. The summed E-state index contributed by atoms with van der Waals surface area (Å²) in [6.07, 6.45) is 2.07. The molecular weight excluding hydrogens is 244 g/mol. The Labute approximate surface area is 112 Å². The number of amides is 2. The summed E-state index contributed by atoms with van der Waals surface area (Å²) in [5.74, 6) is 0.156. The van der Waals surface area contributed by atoms with Crippen LogP contribution in [0.15, 0.2) is 24.3 Å². The van der Waals surface area contributed by atoms with Crippen molar-refractivity contribution in [2.24, 2.45) is 0 Å². The summed E-state index contributed by atoms with van der Waals surface area (Å²) in [6.45, 7) is -0.0687. The van der Waals surface area contributed by atoms with E-state index in [0.717, 1.165) is 12.8 Å². The number of carbonyl (C=O) groups excluding carboxylic acids is 2. The van der Waals surface area contributed by atoms with Gasteiger partial charge in [-0.2, -0.15) is 0 Å². The first-order chi connectivity index (χ1) is 9.08. The lowest BCUT2D eigenvalue weighted by Crippen LogP contribution is -2.29. The van der Waals surface area contributed by atoms with Crippen molar-refractivity contribution in [2.75, 3.05) is 20.7 Å². The molecule has 0 radical (unpaired) electrons. The fraction of sp³-hybridized carbons (Fsp3) is 0.429. The van der Waals surface area contributed by atoms with Gasteiger partial charge in [0.1, 0.15) is 5.75 Å². The lowest BCUT2D eigenvalue weighted by molar-refractivity contribution is -0.130. The molecule has 1 N–H and O–H groups in total. The molecule has 1 fully saturated rings. The summed E-state index contributed by atoms with van der Waals surface area (Å²) < 4.78 is 5.43. The van der Waals surface area contributed by atoms with Crippen LogP contribution in [0.5, 0.6) is 5.75 Å². The Morgan fingerprint density at radius 2 is 2.00 bits per heavy atom. The van der Waals surface area contributed by atoms with Gasteiger partial charge in [0.05, 0.1) is 5.56 Å². The lowest BCUT2D eigenvalue weighted by Gasteiger charge is -2.13. The number of carbonyl (C=O) groups is 2. The van der Waals surface area contributed by atoms with Crippen molar-refractivity contribution in [3.8, 4) is 5.75 Å². The predicted molar refractivity (Wildman–Crippen MR) is 71.1 cm³/mol. The van der Waals surface area contributed by atoms with Gasteiger partial charge in [-0.3, -0.25) is 9.59 Å². The largest absolute Gasteiger partial charge is 0.483 e. The Morgan fingerprint density at radius 1 is 1.32 bits per heavy atom. The molecular formula is C14H18N2O3. The van der Waals surface area contributed by atoms with Gasteiger partial charge in [0.2, 0.25) is 0 Å². The van der Waals surface area contributed by atoms with Gasteiger partial charge in [-0.1, -0.05) is 12.1 Å². The summed E-state index contributed by atoms with van der Waals surface area (Å²) in [7, 11) is 3.33. The fourth-order valence-corrected chi connectivity index (χ4v) is 1.54. The molecule has 0 aliphatic heterocycles. The third-order valence-electron chi connectivity index (χ3n) is 2.89. The summed E-state index contributed by atoms with van der Waals surface area (Å²) in [6, 6.07) is 7.26. The van der Waals surface area contributed by atoms with Crippen molar-refractivity contribution < 1.29 is 14.3 Å². The summed E-state index contributed by atoms with van der Waals surface area (Å²) >= 11 is 0. The minimum atomic E-state index is -0.143. The van der Waals surface area contributed by atoms with Crippen molar-refractivity contribution in [2.45, 2.75) is 18.9 Å². The third kappa shape index (κ3) is 3.71. The summed E-state index contributed by atoms with van der Waals surface area (Å²) in [4.78, 5) is 24.9. The zero-order valence-corrected chi connectivity index (χ0v) is 11.2. The van der Waals surface area contributed by atoms with Gasteiger partial charge >= 0.3 is 0 Å². The Balaban J connectivity index is 2.02. The number of nitrogens with one attached hydrogen (secondary N) is 1. The van der Waals surface area contributed by atoms with Crippen LogP contribution in [0.25, 0.3) is 0 Å². The van der Waals surface area contributed by atoms with Gasteiger partial charge in [0.25, 0.3) is 11.8 Å². The van der Waals surface area contributed by atoms with Crippen LogP contribution in [-0.4, -0.2) is 43.5 Å². The Bertz CT molecular complexity index is 481. The molecule has 2 rings (SSSR count). The highest BCUT2D eigenvalue weighted by molar-refractivity contribution is 5.97. The van der Waals surface area contributed by atoms with E-state index in [1.54, 1.807) is 38.4 Å². The number of ether oxygens (including phenoxy) is 1. The van der Waals surface area contributed by atoms with Gasteiger partial charge in [0.15, 0.2) is 6.61 Å². The first-order valence-electron chi connectivity index (χ1n) is 6.31. The number of para-hydroxylation sites is 1. The number of hydrogen-bond donors (Lipinski definition) is 1. The molecule has 1 saturated carbocycles. The normalized spacial score (nSPS) is 13.8. The predicted octanol–water partition coefficient (Wildman–Crippen LogP) is 1.05. The van der Waals surface area contributed by atoms with Gasteiger partial charge in [-0.05, 0) is 25.0 Å². The molecule has 1 aromatic carbocycles. The maximum Gasteiger partial charge on any atom is 0.259 e. The van der Waals surface area contributed by atoms with Crippen molar-refractivity contribution in [3.63, 3.8) is 0 Å². The second-order valence-electron chi connectivity index (χ2n) is 4.82. The summed E-state index contributed by atoms with van der Waals surface area (Å²) in [5, 5.41) is 2.91. The SMILES string of the molecule is CN(C)C(=O)COc1ccccc1C(=O)NC1CC1. The monoisotopic (exact) mass is 262 g/mol. The van der Waals surface area contributed by atoms with E-state index in [-0.39, 0.29) is 18.4 Å². The molecule has 1 aliphatic carbocycles. The Kier molecular flexibility index (Phi) is 4.04. The maximum absolute atomic E-state index is 12.0. The summed E-state index contributed by atoms with van der Waals surface area (Å²) in [5.41, 5.74) is 0.473. The zero-order chi connectivity index (χ0) is 13.8. The molecule has 0 saturated heterocycles. The van der Waals surface area contributed by atoms with Crippen molar-refractivity contribution in [1.29, 1.82) is 0 Å². The van der Waals surface area contributed by atoms with E-state index < -0.39 is 0 Å². The van der Waals surface area contributed by atoms with Gasteiger partial charge in [0, 0.05) is 20.1 Å². The number of benzene rings is 1. The molecule has 0 atom stereocenters. The topological polar surface area (TPSA) is 58.6 Å². The second-order valence-corrected chi connectivity index (χ2v) is 4.82. The second kappa shape index (κ2) is 5.73. The van der Waals surface area contributed by atoms with Crippen molar-refractivity contribution in [3.05, 3.63) is 29.8 Å². The number of rotatable bonds is 5.